The van der Waals surface area contributed by atoms with E-state index in [1.54, 1.807) is 0 Å². The number of nitrogens with zero attached hydrogens (tertiary/aromatic N) is 2. The fraction of sp³-hybridized carbons (Fsp3) is 0.571. The molecule has 2 rings (SSSR count). The summed E-state index contributed by atoms with van der Waals surface area (Å²) in [6, 6.07) is 5.47. The molecule has 0 aliphatic carbocycles. The molecule has 1 unspecified atom stereocenters. The van der Waals surface area contributed by atoms with Gasteiger partial charge in [-0.1, -0.05) is 13.0 Å². The highest BCUT2D eigenvalue weighted by Crippen LogP contribution is 2.33. The summed E-state index contributed by atoms with van der Waals surface area (Å²) in [5.41, 5.74) is 5.48. The first-order chi connectivity index (χ1) is 10.5. The van der Waals surface area contributed by atoms with Crippen LogP contribution in [-0.4, -0.2) is 59.2 Å². The Kier molecular flexibility index (Phi) is 4.89. The van der Waals surface area contributed by atoms with Crippen molar-refractivity contribution in [2.45, 2.75) is 23.1 Å². The maximum Gasteiger partial charge on any atom is 0.243 e. The summed E-state index contributed by atoms with van der Waals surface area (Å²) >= 11 is 0. The van der Waals surface area contributed by atoms with Crippen LogP contribution < -0.4 is 5.73 Å². The van der Waals surface area contributed by atoms with Gasteiger partial charge in [0, 0.05) is 27.2 Å². The fourth-order valence-corrected chi connectivity index (χ4v) is 5.17. The number of hydrogen-bond donors (Lipinski definition) is 1. The lowest BCUT2D eigenvalue weighted by Crippen LogP contribution is -2.34. The molecule has 0 radical (unpaired) electrons. The highest BCUT2D eigenvalue weighted by molar-refractivity contribution is 7.90. The van der Waals surface area contributed by atoms with Crippen molar-refractivity contribution < 1.29 is 16.8 Å². The van der Waals surface area contributed by atoms with Crippen LogP contribution in [0.15, 0.2) is 34.1 Å². The maximum atomic E-state index is 12.8. The highest BCUT2D eigenvalue weighted by atomic mass is 32.2. The van der Waals surface area contributed by atoms with E-state index in [-0.39, 0.29) is 15.2 Å². The van der Waals surface area contributed by atoms with Gasteiger partial charge >= 0.3 is 0 Å². The lowest BCUT2D eigenvalue weighted by molar-refractivity contribution is 0.349. The molecule has 1 aromatic rings. The summed E-state index contributed by atoms with van der Waals surface area (Å²) in [5.74, 6) is 0. The third-order valence-electron chi connectivity index (χ3n) is 4.24. The van der Waals surface area contributed by atoms with Gasteiger partial charge in [-0.2, -0.15) is 4.31 Å². The van der Waals surface area contributed by atoms with Crippen LogP contribution in [0.25, 0.3) is 0 Å². The minimum Gasteiger partial charge on any atom is -0.330 e. The van der Waals surface area contributed by atoms with E-state index in [1.807, 2.05) is 6.92 Å². The number of rotatable bonds is 5. The van der Waals surface area contributed by atoms with Gasteiger partial charge in [-0.25, -0.2) is 21.1 Å². The summed E-state index contributed by atoms with van der Waals surface area (Å²) in [7, 11) is -4.60. The van der Waals surface area contributed by atoms with Gasteiger partial charge < -0.3 is 5.73 Å². The Hall–Kier alpha value is -1.00. The molecule has 1 fully saturated rings. The fourth-order valence-electron chi connectivity index (χ4n) is 2.51. The lowest BCUT2D eigenvalue weighted by atomic mass is 9.90. The van der Waals surface area contributed by atoms with E-state index in [0.717, 1.165) is 4.31 Å². The third kappa shape index (κ3) is 3.43. The molecule has 1 aliphatic rings. The number of hydrogen-bond acceptors (Lipinski definition) is 5. The first kappa shape index (κ1) is 18.3. The zero-order valence-corrected chi connectivity index (χ0v) is 15.2. The molecule has 7 nitrogen and oxygen atoms in total. The molecule has 0 spiro atoms. The minimum atomic E-state index is -3.73. The second-order valence-corrected chi connectivity index (χ2v) is 10.5. The second-order valence-electron chi connectivity index (χ2n) is 6.37. The number of benzene rings is 1. The van der Waals surface area contributed by atoms with Gasteiger partial charge in [0.05, 0.1) is 9.79 Å². The topological polar surface area (TPSA) is 101 Å². The number of sulfonamides is 2. The van der Waals surface area contributed by atoms with Crippen molar-refractivity contribution in [1.29, 1.82) is 0 Å². The van der Waals surface area contributed by atoms with Crippen LogP contribution in [0.3, 0.4) is 0 Å². The van der Waals surface area contributed by atoms with Crippen molar-refractivity contribution in [3.8, 4) is 0 Å². The van der Waals surface area contributed by atoms with Crippen LogP contribution in [0.1, 0.15) is 13.3 Å². The normalized spacial score (nSPS) is 23.5. The van der Waals surface area contributed by atoms with Gasteiger partial charge in [0.15, 0.2) is 0 Å². The molecule has 0 amide bonds. The molecule has 1 atom stereocenters. The average molecular weight is 361 g/mol. The van der Waals surface area contributed by atoms with E-state index >= 15 is 0 Å². The standard InChI is InChI=1S/C14H23N3O4S2/c1-14(10-15)7-8-17(11-14)23(20,21)13-6-4-5-12(9-13)22(18,19)16(2)3/h4-6,9H,7-8,10-11,15H2,1-3H3. The molecular formula is C14H23N3O4S2. The molecule has 1 saturated heterocycles. The molecule has 0 aromatic heterocycles. The summed E-state index contributed by atoms with van der Waals surface area (Å²) in [6.07, 6.45) is 0.693. The Morgan fingerprint density at radius 3 is 2.35 bits per heavy atom. The molecule has 130 valence electrons. The van der Waals surface area contributed by atoms with Crippen molar-refractivity contribution >= 4 is 20.0 Å². The van der Waals surface area contributed by atoms with Crippen LogP contribution in [-0.2, 0) is 20.0 Å². The zero-order valence-electron chi connectivity index (χ0n) is 13.6. The molecule has 1 aliphatic heterocycles. The van der Waals surface area contributed by atoms with Crippen molar-refractivity contribution in [3.63, 3.8) is 0 Å². The van der Waals surface area contributed by atoms with Crippen LogP contribution in [0, 0.1) is 5.41 Å². The van der Waals surface area contributed by atoms with Crippen molar-refractivity contribution in [2.24, 2.45) is 11.1 Å². The average Bonchev–Trinajstić information content (AvgIpc) is 2.91. The van der Waals surface area contributed by atoms with Gasteiger partial charge in [-0.15, -0.1) is 0 Å². The molecule has 23 heavy (non-hydrogen) atoms. The predicted molar refractivity (Wildman–Crippen MR) is 87.9 cm³/mol. The summed E-state index contributed by atoms with van der Waals surface area (Å²) in [6.45, 7) is 3.10. The molecule has 1 heterocycles. The molecule has 1 aromatic carbocycles. The largest absolute Gasteiger partial charge is 0.330 e. The Labute approximate surface area is 138 Å². The van der Waals surface area contributed by atoms with Gasteiger partial charge in [0.25, 0.3) is 0 Å². The van der Waals surface area contributed by atoms with Crippen LogP contribution in [0.5, 0.6) is 0 Å². The summed E-state index contributed by atoms with van der Waals surface area (Å²) in [4.78, 5) is -0.0499. The first-order valence-corrected chi connectivity index (χ1v) is 10.1. The van der Waals surface area contributed by atoms with Gasteiger partial charge in [0.2, 0.25) is 20.0 Å². The van der Waals surface area contributed by atoms with Crippen molar-refractivity contribution in [3.05, 3.63) is 24.3 Å². The molecule has 9 heteroatoms. The predicted octanol–water partition coefficient (Wildman–Crippen LogP) is 0.296. The molecular weight excluding hydrogens is 338 g/mol. The zero-order chi connectivity index (χ0) is 17.5. The maximum absolute atomic E-state index is 12.8. The van der Waals surface area contributed by atoms with Gasteiger partial charge in [-0.05, 0) is 36.6 Å². The summed E-state index contributed by atoms with van der Waals surface area (Å²) < 4.78 is 52.3. The quantitative estimate of drug-likeness (QED) is 0.813. The smallest absolute Gasteiger partial charge is 0.243 e. The van der Waals surface area contributed by atoms with E-state index in [4.69, 9.17) is 5.73 Å². The monoisotopic (exact) mass is 361 g/mol. The first-order valence-electron chi connectivity index (χ1n) is 7.26. The Morgan fingerprint density at radius 2 is 1.83 bits per heavy atom. The Morgan fingerprint density at radius 1 is 1.22 bits per heavy atom. The van der Waals surface area contributed by atoms with Crippen LogP contribution in [0.2, 0.25) is 0 Å². The van der Waals surface area contributed by atoms with E-state index < -0.39 is 20.0 Å². The van der Waals surface area contributed by atoms with E-state index in [0.29, 0.717) is 26.1 Å². The Balaban J connectivity index is 2.39. The summed E-state index contributed by atoms with van der Waals surface area (Å²) in [5, 5.41) is 0. The van der Waals surface area contributed by atoms with E-state index in [2.05, 4.69) is 0 Å². The minimum absolute atomic E-state index is 0.0123. The number of nitrogens with two attached hydrogens (primary N) is 1. The molecule has 2 N–H and O–H groups in total. The third-order valence-corrected chi connectivity index (χ3v) is 7.89. The van der Waals surface area contributed by atoms with Gasteiger partial charge in [0.1, 0.15) is 0 Å². The lowest BCUT2D eigenvalue weighted by Gasteiger charge is -2.22. The van der Waals surface area contributed by atoms with Gasteiger partial charge in [-0.3, -0.25) is 0 Å². The van der Waals surface area contributed by atoms with Crippen LogP contribution in [0.4, 0.5) is 0 Å². The van der Waals surface area contributed by atoms with Crippen molar-refractivity contribution in [2.75, 3.05) is 33.7 Å². The highest BCUT2D eigenvalue weighted by Gasteiger charge is 2.39. The molecule has 0 saturated carbocycles. The SMILES string of the molecule is CN(C)S(=O)(=O)c1cccc(S(=O)(=O)N2CCC(C)(CN)C2)c1. The Bertz CT molecular complexity index is 790. The molecule has 0 bridgehead atoms. The van der Waals surface area contributed by atoms with Crippen molar-refractivity contribution in [1.82, 2.24) is 8.61 Å². The van der Waals surface area contributed by atoms with Crippen LogP contribution >= 0.6 is 0 Å². The second kappa shape index (κ2) is 6.14. The van der Waals surface area contributed by atoms with E-state index in [9.17, 15) is 16.8 Å². The van der Waals surface area contributed by atoms with E-state index in [1.165, 1.54) is 42.7 Å².